The van der Waals surface area contributed by atoms with E-state index in [9.17, 15) is 18.8 Å². The molecule has 186 valence electrons. The molecule has 1 heterocycles. The number of carbonyl (C=O) groups is 3. The van der Waals surface area contributed by atoms with Crippen LogP contribution in [-0.2, 0) is 9.59 Å². The molecule has 2 aromatic rings. The fourth-order valence-corrected chi connectivity index (χ4v) is 5.45. The number of halogens is 1. The highest BCUT2D eigenvalue weighted by Gasteiger charge is 2.44. The van der Waals surface area contributed by atoms with Crippen molar-refractivity contribution in [3.63, 3.8) is 0 Å². The van der Waals surface area contributed by atoms with Gasteiger partial charge in [-0.15, -0.1) is 0 Å². The summed E-state index contributed by atoms with van der Waals surface area (Å²) in [4.78, 5) is 44.7. The van der Waals surface area contributed by atoms with Gasteiger partial charge in [-0.05, 0) is 69.0 Å². The zero-order valence-corrected chi connectivity index (χ0v) is 20.6. The van der Waals surface area contributed by atoms with E-state index >= 15 is 0 Å². The Kier molecular flexibility index (Phi) is 7.53. The van der Waals surface area contributed by atoms with Gasteiger partial charge in [-0.3, -0.25) is 14.5 Å². The molecule has 1 saturated carbocycles. The monoisotopic (exact) mass is 479 g/mol. The van der Waals surface area contributed by atoms with Crippen molar-refractivity contribution in [2.45, 2.75) is 57.9 Å². The Bertz CT molecular complexity index is 1040. The van der Waals surface area contributed by atoms with E-state index in [0.717, 1.165) is 31.4 Å². The van der Waals surface area contributed by atoms with E-state index in [1.54, 1.807) is 31.0 Å². The summed E-state index contributed by atoms with van der Waals surface area (Å²) in [5, 5.41) is 0. The van der Waals surface area contributed by atoms with E-state index in [2.05, 4.69) is 0 Å². The van der Waals surface area contributed by atoms with Crippen molar-refractivity contribution < 1.29 is 18.8 Å². The molecule has 1 aliphatic carbocycles. The molecule has 0 radical (unpaired) electrons. The molecule has 0 unspecified atom stereocenters. The minimum atomic E-state index is -0.770. The smallest absolute Gasteiger partial charge is 0.324 e. The standard InChI is InChI=1S/C28H34FN3O3/c1-21(33)28(20-26(34)32(25-10-6-7-11-25)24-8-4-3-5-9-24)16-18-31(19-17-28)27(35)30(2)23-14-12-22(29)13-15-23/h3-5,8-9,12-15,25H,6-7,10-11,16-20H2,1-2H3. The lowest BCUT2D eigenvalue weighted by molar-refractivity contribution is -0.135. The summed E-state index contributed by atoms with van der Waals surface area (Å²) in [5.41, 5.74) is 0.718. The lowest BCUT2D eigenvalue weighted by Gasteiger charge is -2.42. The summed E-state index contributed by atoms with van der Waals surface area (Å²) in [5.74, 6) is -0.364. The first-order valence-electron chi connectivity index (χ1n) is 12.5. The van der Waals surface area contributed by atoms with Crippen LogP contribution < -0.4 is 9.80 Å². The van der Waals surface area contributed by atoms with Crippen molar-refractivity contribution in [2.75, 3.05) is 29.9 Å². The predicted molar refractivity (Wildman–Crippen MR) is 135 cm³/mol. The number of carbonyl (C=O) groups excluding carboxylic acids is 3. The maximum atomic E-state index is 13.7. The number of piperidine rings is 1. The van der Waals surface area contributed by atoms with Crippen LogP contribution in [-0.4, -0.2) is 48.8 Å². The second kappa shape index (κ2) is 10.6. The molecule has 3 amide bonds. The summed E-state index contributed by atoms with van der Waals surface area (Å²) in [7, 11) is 1.66. The number of para-hydroxylation sites is 1. The molecule has 2 aliphatic rings. The Hall–Kier alpha value is -3.22. The van der Waals surface area contributed by atoms with Crippen LogP contribution in [0.5, 0.6) is 0 Å². The Morgan fingerprint density at radius 3 is 2.11 bits per heavy atom. The molecule has 6 nitrogen and oxygen atoms in total. The van der Waals surface area contributed by atoms with E-state index in [1.165, 1.54) is 17.0 Å². The van der Waals surface area contributed by atoms with Gasteiger partial charge in [0.05, 0.1) is 0 Å². The number of hydrogen-bond donors (Lipinski definition) is 0. The number of nitrogens with zero attached hydrogens (tertiary/aromatic N) is 3. The van der Waals surface area contributed by atoms with Crippen LogP contribution in [0.3, 0.4) is 0 Å². The van der Waals surface area contributed by atoms with Crippen LogP contribution in [0, 0.1) is 11.2 Å². The minimum absolute atomic E-state index is 0.00396. The zero-order chi connectivity index (χ0) is 25.0. The third-order valence-corrected chi connectivity index (χ3v) is 7.72. The van der Waals surface area contributed by atoms with E-state index in [0.29, 0.717) is 31.6 Å². The van der Waals surface area contributed by atoms with Crippen LogP contribution >= 0.6 is 0 Å². The number of rotatable bonds is 6. The van der Waals surface area contributed by atoms with Crippen molar-refractivity contribution in [1.29, 1.82) is 0 Å². The average molecular weight is 480 g/mol. The minimum Gasteiger partial charge on any atom is -0.324 e. The van der Waals surface area contributed by atoms with Gasteiger partial charge < -0.3 is 9.80 Å². The molecule has 0 aromatic heterocycles. The third-order valence-electron chi connectivity index (χ3n) is 7.72. The number of hydrogen-bond acceptors (Lipinski definition) is 3. The summed E-state index contributed by atoms with van der Waals surface area (Å²) in [6, 6.07) is 15.5. The quantitative estimate of drug-likeness (QED) is 0.556. The van der Waals surface area contributed by atoms with Crippen molar-refractivity contribution >= 4 is 29.1 Å². The summed E-state index contributed by atoms with van der Waals surface area (Å²) in [6.45, 7) is 2.36. The first-order valence-corrected chi connectivity index (χ1v) is 12.5. The molecule has 0 atom stereocenters. The van der Waals surface area contributed by atoms with Gasteiger partial charge in [0.2, 0.25) is 5.91 Å². The normalized spacial score (nSPS) is 17.7. The van der Waals surface area contributed by atoms with Crippen LogP contribution in [0.1, 0.15) is 51.9 Å². The lowest BCUT2D eigenvalue weighted by atomic mass is 9.72. The van der Waals surface area contributed by atoms with Gasteiger partial charge in [-0.1, -0.05) is 31.0 Å². The second-order valence-electron chi connectivity index (χ2n) is 9.86. The molecule has 1 saturated heterocycles. The molecule has 4 rings (SSSR count). The maximum absolute atomic E-state index is 13.7. The Morgan fingerprint density at radius 2 is 1.54 bits per heavy atom. The van der Waals surface area contributed by atoms with Gasteiger partial charge in [0, 0.05) is 49.4 Å². The van der Waals surface area contributed by atoms with E-state index in [4.69, 9.17) is 0 Å². The number of Topliss-reactive ketones (excluding diaryl/α,β-unsaturated/α-hetero) is 1. The van der Waals surface area contributed by atoms with Gasteiger partial charge in [-0.25, -0.2) is 9.18 Å². The summed E-state index contributed by atoms with van der Waals surface area (Å²) in [6.07, 6.45) is 5.23. The zero-order valence-electron chi connectivity index (χ0n) is 20.6. The topological polar surface area (TPSA) is 60.9 Å². The first-order chi connectivity index (χ1) is 16.8. The molecule has 0 bridgehead atoms. The van der Waals surface area contributed by atoms with E-state index < -0.39 is 5.41 Å². The maximum Gasteiger partial charge on any atom is 0.324 e. The fraction of sp³-hybridized carbons (Fsp3) is 0.464. The van der Waals surface area contributed by atoms with Gasteiger partial charge in [-0.2, -0.15) is 0 Å². The molecule has 2 aromatic carbocycles. The van der Waals surface area contributed by atoms with Gasteiger partial charge in [0.25, 0.3) is 0 Å². The first kappa shape index (κ1) is 24.9. The highest BCUT2D eigenvalue weighted by atomic mass is 19.1. The summed E-state index contributed by atoms with van der Waals surface area (Å²) >= 11 is 0. The van der Waals surface area contributed by atoms with Crippen LogP contribution in [0.25, 0.3) is 0 Å². The van der Waals surface area contributed by atoms with Gasteiger partial charge >= 0.3 is 6.03 Å². The lowest BCUT2D eigenvalue weighted by Crippen LogP contribution is -2.51. The molecule has 7 heteroatoms. The molecule has 35 heavy (non-hydrogen) atoms. The number of anilines is 2. The van der Waals surface area contributed by atoms with Crippen molar-refractivity contribution in [2.24, 2.45) is 5.41 Å². The number of ketones is 1. The fourth-order valence-electron chi connectivity index (χ4n) is 5.45. The number of benzene rings is 2. The average Bonchev–Trinajstić information content (AvgIpc) is 3.39. The van der Waals surface area contributed by atoms with E-state index in [1.807, 2.05) is 35.2 Å². The number of likely N-dealkylation sites (tertiary alicyclic amines) is 1. The number of amides is 3. The van der Waals surface area contributed by atoms with E-state index in [-0.39, 0.29) is 36.0 Å². The Morgan fingerprint density at radius 1 is 0.943 bits per heavy atom. The predicted octanol–water partition coefficient (Wildman–Crippen LogP) is 5.42. The molecule has 0 spiro atoms. The van der Waals surface area contributed by atoms with Crippen LogP contribution in [0.15, 0.2) is 54.6 Å². The highest BCUT2D eigenvalue weighted by Crippen LogP contribution is 2.39. The van der Waals surface area contributed by atoms with Crippen LogP contribution in [0.2, 0.25) is 0 Å². The Labute approximate surface area is 206 Å². The van der Waals surface area contributed by atoms with Crippen molar-refractivity contribution in [3.05, 3.63) is 60.4 Å². The van der Waals surface area contributed by atoms with Gasteiger partial charge in [0.15, 0.2) is 0 Å². The second-order valence-corrected chi connectivity index (χ2v) is 9.86. The largest absolute Gasteiger partial charge is 0.324 e. The molecule has 1 aliphatic heterocycles. The third kappa shape index (κ3) is 5.39. The van der Waals surface area contributed by atoms with Crippen LogP contribution in [0.4, 0.5) is 20.6 Å². The van der Waals surface area contributed by atoms with Gasteiger partial charge in [0.1, 0.15) is 11.6 Å². The molecule has 0 N–H and O–H groups in total. The van der Waals surface area contributed by atoms with Crippen molar-refractivity contribution in [1.82, 2.24) is 4.90 Å². The molecular weight excluding hydrogens is 445 g/mol. The SMILES string of the molecule is CC(=O)C1(CC(=O)N(c2ccccc2)C2CCCC2)CCN(C(=O)N(C)c2ccc(F)cc2)CC1. The Balaban J connectivity index is 1.46. The molecule has 2 fully saturated rings. The molecular formula is C28H34FN3O3. The van der Waals surface area contributed by atoms with Crippen molar-refractivity contribution in [3.8, 4) is 0 Å². The summed E-state index contributed by atoms with van der Waals surface area (Å²) < 4.78 is 13.3. The number of urea groups is 1. The highest BCUT2D eigenvalue weighted by molar-refractivity contribution is 5.98.